The molecule has 2 rings (SSSR count). The lowest BCUT2D eigenvalue weighted by molar-refractivity contribution is 0.583. The Hall–Kier alpha value is -1.37. The molecule has 1 unspecified atom stereocenters. The second kappa shape index (κ2) is 5.51. The quantitative estimate of drug-likeness (QED) is 0.856. The minimum absolute atomic E-state index is 0.0868. The maximum atomic E-state index is 13.3. The SMILES string of the molecule is CC(N)CP(=O)(c1ccccc1)c1ccccc1. The topological polar surface area (TPSA) is 43.1 Å². The number of hydrogen-bond donors (Lipinski definition) is 1. The van der Waals surface area contributed by atoms with Crippen molar-refractivity contribution in [2.75, 3.05) is 6.16 Å². The molecule has 0 radical (unpaired) electrons. The van der Waals surface area contributed by atoms with Gasteiger partial charge in [0.05, 0.1) is 0 Å². The summed E-state index contributed by atoms with van der Waals surface area (Å²) in [5.74, 6) is 0. The predicted molar refractivity (Wildman–Crippen MR) is 78.3 cm³/mol. The molecule has 0 heterocycles. The molecule has 0 aliphatic heterocycles. The highest BCUT2D eigenvalue weighted by molar-refractivity contribution is 7.78. The van der Waals surface area contributed by atoms with E-state index in [9.17, 15) is 4.57 Å². The van der Waals surface area contributed by atoms with Gasteiger partial charge in [0.1, 0.15) is 7.14 Å². The van der Waals surface area contributed by atoms with Gasteiger partial charge < -0.3 is 10.3 Å². The fourth-order valence-corrected chi connectivity index (χ4v) is 4.94. The lowest BCUT2D eigenvalue weighted by atomic mass is 10.4. The van der Waals surface area contributed by atoms with E-state index in [2.05, 4.69) is 0 Å². The van der Waals surface area contributed by atoms with Crippen LogP contribution in [0.1, 0.15) is 6.92 Å². The summed E-state index contributed by atoms with van der Waals surface area (Å²) in [6.07, 6.45) is 0.501. The molecular formula is C15H18NOP. The summed E-state index contributed by atoms with van der Waals surface area (Å²) in [7, 11) is -2.61. The van der Waals surface area contributed by atoms with Crippen LogP contribution < -0.4 is 16.3 Å². The molecule has 0 aliphatic rings. The van der Waals surface area contributed by atoms with Gasteiger partial charge in [-0.25, -0.2) is 0 Å². The van der Waals surface area contributed by atoms with E-state index in [1.807, 2.05) is 67.6 Å². The van der Waals surface area contributed by atoms with Crippen molar-refractivity contribution >= 4 is 17.8 Å². The molecule has 2 aromatic rings. The van der Waals surface area contributed by atoms with E-state index in [-0.39, 0.29) is 6.04 Å². The Morgan fingerprint density at radius 3 is 1.67 bits per heavy atom. The van der Waals surface area contributed by atoms with Gasteiger partial charge in [0.2, 0.25) is 0 Å². The molecule has 94 valence electrons. The average Bonchev–Trinajstić information content (AvgIpc) is 2.40. The van der Waals surface area contributed by atoms with E-state index in [1.165, 1.54) is 0 Å². The molecule has 1 atom stereocenters. The average molecular weight is 259 g/mol. The van der Waals surface area contributed by atoms with E-state index in [4.69, 9.17) is 5.73 Å². The molecule has 18 heavy (non-hydrogen) atoms. The standard InChI is InChI=1S/C15H18NOP/c1-13(16)12-18(17,14-8-4-2-5-9-14)15-10-6-3-7-11-15/h2-11,13H,12,16H2,1H3. The van der Waals surface area contributed by atoms with Crippen molar-refractivity contribution in [2.24, 2.45) is 5.73 Å². The second-order valence-electron chi connectivity index (χ2n) is 4.57. The Bertz CT molecular complexity index is 493. The molecule has 3 heteroatoms. The second-order valence-corrected chi connectivity index (χ2v) is 7.45. The van der Waals surface area contributed by atoms with Gasteiger partial charge in [-0.3, -0.25) is 0 Å². The lowest BCUT2D eigenvalue weighted by Gasteiger charge is -2.21. The van der Waals surface area contributed by atoms with E-state index in [0.717, 1.165) is 10.6 Å². The van der Waals surface area contributed by atoms with Crippen molar-refractivity contribution in [3.8, 4) is 0 Å². The van der Waals surface area contributed by atoms with Crippen LogP contribution in [0.4, 0.5) is 0 Å². The fraction of sp³-hybridized carbons (Fsp3) is 0.200. The first-order valence-electron chi connectivity index (χ1n) is 6.09. The molecule has 0 saturated heterocycles. The molecular weight excluding hydrogens is 241 g/mol. The van der Waals surface area contributed by atoms with Gasteiger partial charge in [0.15, 0.2) is 0 Å². The summed E-state index contributed by atoms with van der Waals surface area (Å²) >= 11 is 0. The van der Waals surface area contributed by atoms with Gasteiger partial charge in [-0.15, -0.1) is 0 Å². The van der Waals surface area contributed by atoms with Crippen molar-refractivity contribution in [1.29, 1.82) is 0 Å². The normalized spacial score (nSPS) is 13.2. The van der Waals surface area contributed by atoms with E-state index < -0.39 is 7.14 Å². The van der Waals surface area contributed by atoms with Gasteiger partial charge in [-0.2, -0.15) is 0 Å². The maximum absolute atomic E-state index is 13.3. The molecule has 0 spiro atoms. The lowest BCUT2D eigenvalue weighted by Crippen LogP contribution is -2.28. The van der Waals surface area contributed by atoms with Crippen molar-refractivity contribution in [2.45, 2.75) is 13.0 Å². The fourth-order valence-electron chi connectivity index (χ4n) is 2.10. The smallest absolute Gasteiger partial charge is 0.144 e. The van der Waals surface area contributed by atoms with E-state index in [1.54, 1.807) is 0 Å². The van der Waals surface area contributed by atoms with Crippen LogP contribution >= 0.6 is 7.14 Å². The zero-order valence-electron chi connectivity index (χ0n) is 10.5. The van der Waals surface area contributed by atoms with Gasteiger partial charge in [0, 0.05) is 22.8 Å². The summed E-state index contributed by atoms with van der Waals surface area (Å²) < 4.78 is 13.3. The first-order valence-corrected chi connectivity index (χ1v) is 7.98. The Balaban J connectivity index is 2.52. The van der Waals surface area contributed by atoms with Gasteiger partial charge >= 0.3 is 0 Å². The third-order valence-corrected chi connectivity index (χ3v) is 6.25. The first-order chi connectivity index (χ1) is 8.63. The van der Waals surface area contributed by atoms with Gasteiger partial charge in [-0.05, 0) is 6.92 Å². The van der Waals surface area contributed by atoms with Crippen LogP contribution in [0.25, 0.3) is 0 Å². The van der Waals surface area contributed by atoms with Crippen LogP contribution in [0.15, 0.2) is 60.7 Å². The summed E-state index contributed by atoms with van der Waals surface area (Å²) in [4.78, 5) is 0. The van der Waals surface area contributed by atoms with Crippen LogP contribution in [0.5, 0.6) is 0 Å². The third-order valence-electron chi connectivity index (χ3n) is 2.89. The molecule has 0 saturated carbocycles. The molecule has 0 bridgehead atoms. The van der Waals surface area contributed by atoms with E-state index in [0.29, 0.717) is 6.16 Å². The van der Waals surface area contributed by atoms with Crippen LogP contribution in [0.2, 0.25) is 0 Å². The van der Waals surface area contributed by atoms with Crippen LogP contribution in [0.3, 0.4) is 0 Å². The minimum atomic E-state index is -2.61. The Morgan fingerprint density at radius 1 is 0.944 bits per heavy atom. The van der Waals surface area contributed by atoms with Crippen LogP contribution in [0, 0.1) is 0 Å². The highest BCUT2D eigenvalue weighted by Gasteiger charge is 2.27. The third kappa shape index (κ3) is 2.72. The van der Waals surface area contributed by atoms with Crippen LogP contribution in [-0.4, -0.2) is 12.2 Å². The monoisotopic (exact) mass is 259 g/mol. The number of hydrogen-bond acceptors (Lipinski definition) is 2. The molecule has 2 aromatic carbocycles. The van der Waals surface area contributed by atoms with E-state index >= 15 is 0 Å². The number of benzene rings is 2. The van der Waals surface area contributed by atoms with Crippen LogP contribution in [-0.2, 0) is 4.57 Å². The summed E-state index contributed by atoms with van der Waals surface area (Å²) in [6.45, 7) is 1.90. The first kappa shape index (κ1) is 13.1. The highest BCUT2D eigenvalue weighted by Crippen LogP contribution is 2.43. The van der Waals surface area contributed by atoms with Crippen molar-refractivity contribution < 1.29 is 4.57 Å². The number of nitrogens with two attached hydrogens (primary N) is 1. The van der Waals surface area contributed by atoms with Crippen molar-refractivity contribution in [1.82, 2.24) is 0 Å². The Labute approximate surface area is 108 Å². The minimum Gasteiger partial charge on any atom is -0.328 e. The molecule has 2 N–H and O–H groups in total. The maximum Gasteiger partial charge on any atom is 0.144 e. The highest BCUT2D eigenvalue weighted by atomic mass is 31.2. The summed E-state index contributed by atoms with van der Waals surface area (Å²) in [6, 6.07) is 19.2. The number of rotatable bonds is 4. The summed E-state index contributed by atoms with van der Waals surface area (Å²) in [5, 5.41) is 1.77. The largest absolute Gasteiger partial charge is 0.328 e. The van der Waals surface area contributed by atoms with Gasteiger partial charge in [0.25, 0.3) is 0 Å². The van der Waals surface area contributed by atoms with Crippen molar-refractivity contribution in [3.63, 3.8) is 0 Å². The zero-order chi connectivity index (χ0) is 13.0. The molecule has 0 fully saturated rings. The van der Waals surface area contributed by atoms with Crippen molar-refractivity contribution in [3.05, 3.63) is 60.7 Å². The molecule has 2 nitrogen and oxygen atoms in total. The Morgan fingerprint density at radius 2 is 1.33 bits per heavy atom. The summed E-state index contributed by atoms with van der Waals surface area (Å²) in [5.41, 5.74) is 5.88. The molecule has 0 aliphatic carbocycles. The molecule has 0 aromatic heterocycles. The zero-order valence-corrected chi connectivity index (χ0v) is 11.4. The predicted octanol–water partition coefficient (Wildman–Crippen LogP) is 2.35. The molecule has 0 amide bonds. The van der Waals surface area contributed by atoms with Gasteiger partial charge in [-0.1, -0.05) is 60.7 Å². The Kier molecular flexibility index (Phi) is 4.00.